The highest BCUT2D eigenvalue weighted by atomic mass is 35.5. The number of nitrogens with one attached hydrogen (secondary N) is 1. The van der Waals surface area contributed by atoms with E-state index >= 15 is 0 Å². The van der Waals surface area contributed by atoms with E-state index in [-0.39, 0.29) is 11.8 Å². The van der Waals surface area contributed by atoms with E-state index in [1.807, 2.05) is 50.2 Å². The van der Waals surface area contributed by atoms with Gasteiger partial charge in [-0.1, -0.05) is 49.2 Å². The van der Waals surface area contributed by atoms with Gasteiger partial charge >= 0.3 is 0 Å². The summed E-state index contributed by atoms with van der Waals surface area (Å²) in [4.78, 5) is 28.6. The molecule has 0 aliphatic carbocycles. The summed E-state index contributed by atoms with van der Waals surface area (Å²) >= 11 is 13.5. The lowest BCUT2D eigenvalue weighted by Crippen LogP contribution is -2.49. The number of nitrogens with zero attached hydrogens (tertiary/aromatic N) is 1. The summed E-state index contributed by atoms with van der Waals surface area (Å²) < 4.78 is 0. The van der Waals surface area contributed by atoms with E-state index < -0.39 is 6.04 Å². The number of hydrogen-bond acceptors (Lipinski definition) is 3. The number of hydrogen-bond donors (Lipinski definition) is 1. The SMILES string of the molecule is CCCNC(=O)[C@@H](CC)N(Cc1ccc(Cl)cc1)C(=O)CCSc1ccc(Cl)cc1. The number of amides is 2. The molecule has 2 amide bonds. The van der Waals surface area contributed by atoms with Crippen LogP contribution in [-0.2, 0) is 16.1 Å². The predicted molar refractivity (Wildman–Crippen MR) is 126 cm³/mol. The second-order valence-corrected chi connectivity index (χ2v) is 8.96. The number of halogens is 2. The normalized spacial score (nSPS) is 11.7. The highest BCUT2D eigenvalue weighted by Crippen LogP contribution is 2.22. The van der Waals surface area contributed by atoms with Gasteiger partial charge in [0.1, 0.15) is 6.04 Å². The van der Waals surface area contributed by atoms with Gasteiger partial charge in [0.15, 0.2) is 0 Å². The van der Waals surface area contributed by atoms with E-state index in [0.717, 1.165) is 16.9 Å². The van der Waals surface area contributed by atoms with Crippen molar-refractivity contribution in [2.45, 2.75) is 50.6 Å². The molecule has 0 saturated carbocycles. The first-order valence-electron chi connectivity index (χ1n) is 10.1. The van der Waals surface area contributed by atoms with Crippen LogP contribution in [0.15, 0.2) is 53.4 Å². The Kier molecular flexibility index (Phi) is 10.6. The van der Waals surface area contributed by atoms with Gasteiger partial charge in [0.2, 0.25) is 11.8 Å². The molecule has 0 radical (unpaired) electrons. The lowest BCUT2D eigenvalue weighted by atomic mass is 10.1. The van der Waals surface area contributed by atoms with E-state index in [9.17, 15) is 9.59 Å². The smallest absolute Gasteiger partial charge is 0.242 e. The molecule has 0 aliphatic heterocycles. The molecule has 162 valence electrons. The van der Waals surface area contributed by atoms with Gasteiger partial charge in [-0.05, 0) is 54.8 Å². The minimum atomic E-state index is -0.500. The average molecular weight is 467 g/mol. The molecule has 2 rings (SSSR count). The minimum absolute atomic E-state index is 0.0371. The van der Waals surface area contributed by atoms with Crippen molar-refractivity contribution in [3.63, 3.8) is 0 Å². The molecule has 0 saturated heterocycles. The van der Waals surface area contributed by atoms with Gasteiger partial charge in [-0.3, -0.25) is 9.59 Å². The maximum atomic E-state index is 13.1. The third-order valence-corrected chi connectivity index (χ3v) is 6.12. The molecule has 0 aliphatic rings. The lowest BCUT2D eigenvalue weighted by Gasteiger charge is -2.30. The van der Waals surface area contributed by atoms with E-state index in [2.05, 4.69) is 5.32 Å². The second kappa shape index (κ2) is 12.9. The second-order valence-electron chi connectivity index (χ2n) is 6.92. The van der Waals surface area contributed by atoms with Crippen molar-refractivity contribution in [3.8, 4) is 0 Å². The van der Waals surface area contributed by atoms with Crippen molar-refractivity contribution < 1.29 is 9.59 Å². The van der Waals surface area contributed by atoms with Crippen molar-refractivity contribution in [3.05, 3.63) is 64.1 Å². The highest BCUT2D eigenvalue weighted by molar-refractivity contribution is 7.99. The summed E-state index contributed by atoms with van der Waals surface area (Å²) in [5, 5.41) is 4.26. The molecule has 0 spiro atoms. The first kappa shape index (κ1) is 24.6. The van der Waals surface area contributed by atoms with Gasteiger partial charge < -0.3 is 10.2 Å². The zero-order valence-corrected chi connectivity index (χ0v) is 19.7. The van der Waals surface area contributed by atoms with Crippen LogP contribution in [0.5, 0.6) is 0 Å². The Morgan fingerprint density at radius 2 is 1.60 bits per heavy atom. The van der Waals surface area contributed by atoms with Crippen molar-refractivity contribution in [2.75, 3.05) is 12.3 Å². The molecule has 1 atom stereocenters. The molecule has 0 fully saturated rings. The molecule has 2 aromatic carbocycles. The topological polar surface area (TPSA) is 49.4 Å². The van der Waals surface area contributed by atoms with Crippen LogP contribution < -0.4 is 5.32 Å². The van der Waals surface area contributed by atoms with Crippen LogP contribution in [0.25, 0.3) is 0 Å². The summed E-state index contributed by atoms with van der Waals surface area (Å²) in [6, 6.07) is 14.4. The summed E-state index contributed by atoms with van der Waals surface area (Å²) in [6.07, 6.45) is 1.75. The van der Waals surface area contributed by atoms with Crippen molar-refractivity contribution in [1.82, 2.24) is 10.2 Å². The molecule has 0 bridgehead atoms. The molecule has 1 N–H and O–H groups in total. The first-order chi connectivity index (χ1) is 14.4. The summed E-state index contributed by atoms with van der Waals surface area (Å²) in [5.41, 5.74) is 0.944. The molecule has 0 aromatic heterocycles. The largest absolute Gasteiger partial charge is 0.354 e. The number of thioether (sulfide) groups is 1. The molecular weight excluding hydrogens is 439 g/mol. The van der Waals surface area contributed by atoms with Crippen LogP contribution in [-0.4, -0.2) is 35.1 Å². The molecule has 0 unspecified atom stereocenters. The van der Waals surface area contributed by atoms with Crippen LogP contribution in [0.4, 0.5) is 0 Å². The number of carbonyl (C=O) groups is 2. The fraction of sp³-hybridized carbons (Fsp3) is 0.391. The van der Waals surface area contributed by atoms with Crippen LogP contribution in [0.1, 0.15) is 38.7 Å². The molecule has 7 heteroatoms. The first-order valence-corrected chi connectivity index (χ1v) is 11.9. The lowest BCUT2D eigenvalue weighted by molar-refractivity contribution is -0.141. The van der Waals surface area contributed by atoms with E-state index in [1.54, 1.807) is 28.8 Å². The van der Waals surface area contributed by atoms with Crippen molar-refractivity contribution in [1.29, 1.82) is 0 Å². The third-order valence-electron chi connectivity index (χ3n) is 4.60. The van der Waals surface area contributed by atoms with E-state index in [4.69, 9.17) is 23.2 Å². The Bertz CT molecular complexity index is 813. The minimum Gasteiger partial charge on any atom is -0.354 e. The molecule has 0 heterocycles. The van der Waals surface area contributed by atoms with Crippen LogP contribution in [0.3, 0.4) is 0 Å². The van der Waals surface area contributed by atoms with Gasteiger partial charge in [0.25, 0.3) is 0 Å². The fourth-order valence-corrected chi connectivity index (χ4v) is 4.10. The van der Waals surface area contributed by atoms with E-state index in [1.165, 1.54) is 0 Å². The Morgan fingerprint density at radius 1 is 1.00 bits per heavy atom. The molecule has 4 nitrogen and oxygen atoms in total. The number of rotatable bonds is 11. The van der Waals surface area contributed by atoms with Gasteiger partial charge in [0, 0.05) is 40.2 Å². The van der Waals surface area contributed by atoms with Gasteiger partial charge in [-0.25, -0.2) is 0 Å². The molecule has 30 heavy (non-hydrogen) atoms. The van der Waals surface area contributed by atoms with Crippen molar-refractivity contribution in [2.24, 2.45) is 0 Å². The van der Waals surface area contributed by atoms with Gasteiger partial charge in [-0.2, -0.15) is 0 Å². The Morgan fingerprint density at radius 3 is 2.17 bits per heavy atom. The third kappa shape index (κ3) is 7.86. The van der Waals surface area contributed by atoms with Gasteiger partial charge in [0.05, 0.1) is 0 Å². The quantitative estimate of drug-likeness (QED) is 0.425. The maximum Gasteiger partial charge on any atom is 0.242 e. The summed E-state index contributed by atoms with van der Waals surface area (Å²) in [6.45, 7) is 4.91. The van der Waals surface area contributed by atoms with Gasteiger partial charge in [-0.15, -0.1) is 11.8 Å². The van der Waals surface area contributed by atoms with Crippen LogP contribution in [0, 0.1) is 0 Å². The summed E-state index contributed by atoms with van der Waals surface area (Å²) in [7, 11) is 0. The predicted octanol–water partition coefficient (Wildman–Crippen LogP) is 5.81. The zero-order valence-electron chi connectivity index (χ0n) is 17.4. The fourth-order valence-electron chi connectivity index (χ4n) is 3.00. The monoisotopic (exact) mass is 466 g/mol. The average Bonchev–Trinajstić information content (AvgIpc) is 2.74. The van der Waals surface area contributed by atoms with Crippen LogP contribution in [0.2, 0.25) is 10.0 Å². The Hall–Kier alpha value is -1.69. The molecular formula is C23H28Cl2N2O2S. The van der Waals surface area contributed by atoms with Crippen molar-refractivity contribution >= 4 is 46.8 Å². The Balaban J connectivity index is 2.09. The standard InChI is InChI=1S/C23H28Cl2N2O2S/c1-3-14-26-23(29)21(4-2)27(16-17-5-7-18(24)8-6-17)22(28)13-15-30-20-11-9-19(25)10-12-20/h5-12,21H,3-4,13-16H2,1-2H3,(H,26,29)/t21-/m1/s1. The number of carbonyl (C=O) groups excluding carboxylic acids is 2. The Labute approximate surface area is 193 Å². The molecule has 2 aromatic rings. The highest BCUT2D eigenvalue weighted by Gasteiger charge is 2.28. The zero-order chi connectivity index (χ0) is 21.9. The number of benzene rings is 2. The summed E-state index contributed by atoms with van der Waals surface area (Å²) in [5.74, 6) is 0.488. The van der Waals surface area contributed by atoms with E-state index in [0.29, 0.717) is 41.7 Å². The maximum absolute atomic E-state index is 13.1. The van der Waals surface area contributed by atoms with Crippen LogP contribution >= 0.6 is 35.0 Å².